The molecule has 0 radical (unpaired) electrons. The fourth-order valence-electron chi connectivity index (χ4n) is 4.22. The van der Waals surface area contributed by atoms with Gasteiger partial charge in [-0.05, 0) is 57.8 Å². The van der Waals surface area contributed by atoms with Gasteiger partial charge in [-0.3, -0.25) is 14.9 Å². The molecule has 5 nitrogen and oxygen atoms in total. The second-order valence-electron chi connectivity index (χ2n) is 7.04. The number of carbonyl (C=O) groups excluding carboxylic acids is 2. The first kappa shape index (κ1) is 15.1. The molecule has 23 heavy (non-hydrogen) atoms. The quantitative estimate of drug-likeness (QED) is 0.635. The normalized spacial score (nSPS) is 22.3. The van der Waals surface area contributed by atoms with Gasteiger partial charge < -0.3 is 4.90 Å². The van der Waals surface area contributed by atoms with Crippen molar-refractivity contribution in [3.8, 4) is 0 Å². The van der Waals surface area contributed by atoms with E-state index in [1.165, 1.54) is 30.6 Å². The molecular formula is C17H23N3O2S. The largest absolute Gasteiger partial charge is 0.329 e. The molecule has 1 N–H and O–H groups in total. The van der Waals surface area contributed by atoms with Gasteiger partial charge in [-0.1, -0.05) is 6.42 Å². The molecule has 1 saturated carbocycles. The molecule has 4 rings (SSSR count). The van der Waals surface area contributed by atoms with E-state index in [4.69, 9.17) is 0 Å². The number of nitrogens with one attached hydrogen (secondary N) is 1. The fraction of sp³-hybridized carbons (Fsp3) is 0.706. The molecule has 124 valence electrons. The zero-order chi connectivity index (χ0) is 15.9. The molecule has 1 aromatic heterocycles. The Morgan fingerprint density at radius 1 is 1.04 bits per heavy atom. The number of anilines is 1. The number of nitrogens with zero attached hydrogens (tertiary/aromatic N) is 2. The van der Waals surface area contributed by atoms with Crippen LogP contribution in [-0.4, -0.2) is 33.8 Å². The van der Waals surface area contributed by atoms with Gasteiger partial charge in [0.15, 0.2) is 5.13 Å². The lowest BCUT2D eigenvalue weighted by Gasteiger charge is -2.45. The summed E-state index contributed by atoms with van der Waals surface area (Å²) >= 11 is 1.54. The number of amides is 2. The number of aryl methyl sites for hydroxylation is 2. The second kappa shape index (κ2) is 5.89. The van der Waals surface area contributed by atoms with E-state index in [1.807, 2.05) is 4.90 Å². The highest BCUT2D eigenvalue weighted by molar-refractivity contribution is 7.16. The Kier molecular flexibility index (Phi) is 3.87. The van der Waals surface area contributed by atoms with E-state index < -0.39 is 5.91 Å². The summed E-state index contributed by atoms with van der Waals surface area (Å²) < 4.78 is 0. The SMILES string of the molecule is O=C(Nc1nc2c(s1)CCCCC2)C(=O)N1CCCC12CCC2. The van der Waals surface area contributed by atoms with Gasteiger partial charge in [0.1, 0.15) is 0 Å². The molecule has 0 aromatic carbocycles. The zero-order valence-electron chi connectivity index (χ0n) is 13.4. The van der Waals surface area contributed by atoms with Crippen LogP contribution in [0.5, 0.6) is 0 Å². The molecule has 3 aliphatic rings. The average Bonchev–Trinajstić information content (AvgIpc) is 3.05. The van der Waals surface area contributed by atoms with Crippen molar-refractivity contribution < 1.29 is 9.59 Å². The molecule has 1 aromatic rings. The summed E-state index contributed by atoms with van der Waals surface area (Å²) in [4.78, 5) is 32.6. The first-order valence-electron chi connectivity index (χ1n) is 8.79. The molecule has 2 aliphatic carbocycles. The number of likely N-dealkylation sites (tertiary alicyclic amines) is 1. The minimum atomic E-state index is -0.512. The smallest absolute Gasteiger partial charge is 0.315 e. The number of aromatic nitrogens is 1. The van der Waals surface area contributed by atoms with Crippen LogP contribution in [0.2, 0.25) is 0 Å². The van der Waals surface area contributed by atoms with E-state index in [0.717, 1.165) is 50.8 Å². The van der Waals surface area contributed by atoms with Crippen molar-refractivity contribution in [2.45, 2.75) is 69.7 Å². The van der Waals surface area contributed by atoms with Crippen LogP contribution in [0, 0.1) is 0 Å². The summed E-state index contributed by atoms with van der Waals surface area (Å²) in [5, 5.41) is 3.35. The van der Waals surface area contributed by atoms with E-state index in [0.29, 0.717) is 5.13 Å². The van der Waals surface area contributed by atoms with Crippen LogP contribution in [0.4, 0.5) is 5.13 Å². The van der Waals surface area contributed by atoms with E-state index >= 15 is 0 Å². The van der Waals surface area contributed by atoms with Gasteiger partial charge in [0.25, 0.3) is 0 Å². The Morgan fingerprint density at radius 2 is 1.83 bits per heavy atom. The first-order chi connectivity index (χ1) is 11.2. The number of thiazole rings is 1. The van der Waals surface area contributed by atoms with Crippen LogP contribution in [0.25, 0.3) is 0 Å². The number of hydrogen-bond donors (Lipinski definition) is 1. The van der Waals surface area contributed by atoms with Gasteiger partial charge in [0.05, 0.1) is 5.69 Å². The van der Waals surface area contributed by atoms with Crippen molar-refractivity contribution in [3.63, 3.8) is 0 Å². The van der Waals surface area contributed by atoms with Gasteiger partial charge in [-0.2, -0.15) is 0 Å². The maximum Gasteiger partial charge on any atom is 0.315 e. The van der Waals surface area contributed by atoms with Crippen LogP contribution in [0.1, 0.15) is 61.9 Å². The fourth-order valence-corrected chi connectivity index (χ4v) is 5.26. The third-order valence-corrected chi connectivity index (χ3v) is 6.71. The predicted molar refractivity (Wildman–Crippen MR) is 89.5 cm³/mol. The van der Waals surface area contributed by atoms with Crippen molar-refractivity contribution in [1.29, 1.82) is 0 Å². The molecule has 0 unspecified atom stereocenters. The lowest BCUT2D eigenvalue weighted by molar-refractivity contribution is -0.148. The van der Waals surface area contributed by atoms with Gasteiger partial charge in [-0.15, -0.1) is 11.3 Å². The van der Waals surface area contributed by atoms with Crippen LogP contribution < -0.4 is 5.32 Å². The van der Waals surface area contributed by atoms with Gasteiger partial charge >= 0.3 is 11.8 Å². The zero-order valence-corrected chi connectivity index (χ0v) is 14.2. The van der Waals surface area contributed by atoms with Crippen molar-refractivity contribution in [3.05, 3.63) is 10.6 Å². The van der Waals surface area contributed by atoms with E-state index in [-0.39, 0.29) is 11.4 Å². The highest BCUT2D eigenvalue weighted by Gasteiger charge is 2.49. The summed E-state index contributed by atoms with van der Waals surface area (Å²) in [5.74, 6) is -0.880. The Morgan fingerprint density at radius 3 is 2.61 bits per heavy atom. The highest BCUT2D eigenvalue weighted by Crippen LogP contribution is 2.45. The molecule has 6 heteroatoms. The lowest BCUT2D eigenvalue weighted by atomic mass is 9.75. The summed E-state index contributed by atoms with van der Waals surface area (Å²) in [7, 11) is 0. The minimum absolute atomic E-state index is 0.00550. The topological polar surface area (TPSA) is 62.3 Å². The average molecular weight is 333 g/mol. The monoisotopic (exact) mass is 333 g/mol. The van der Waals surface area contributed by atoms with Gasteiger partial charge in [-0.25, -0.2) is 4.98 Å². The number of rotatable bonds is 1. The molecule has 1 aliphatic heterocycles. The summed E-state index contributed by atoms with van der Waals surface area (Å²) in [5.41, 5.74) is 1.11. The maximum absolute atomic E-state index is 12.5. The third kappa shape index (κ3) is 2.67. The van der Waals surface area contributed by atoms with Crippen LogP contribution in [0.3, 0.4) is 0 Å². The van der Waals surface area contributed by atoms with Gasteiger partial charge in [0.2, 0.25) is 0 Å². The van der Waals surface area contributed by atoms with Crippen molar-refractivity contribution in [2.75, 3.05) is 11.9 Å². The molecule has 2 fully saturated rings. The van der Waals surface area contributed by atoms with E-state index in [9.17, 15) is 9.59 Å². The Bertz CT molecular complexity index is 612. The van der Waals surface area contributed by atoms with E-state index in [2.05, 4.69) is 10.3 Å². The van der Waals surface area contributed by atoms with Crippen LogP contribution in [-0.2, 0) is 22.4 Å². The molecule has 1 spiro atoms. The first-order valence-corrected chi connectivity index (χ1v) is 9.61. The van der Waals surface area contributed by atoms with E-state index in [1.54, 1.807) is 11.3 Å². The third-order valence-electron chi connectivity index (χ3n) is 5.64. The van der Waals surface area contributed by atoms with Crippen molar-refractivity contribution in [1.82, 2.24) is 9.88 Å². The number of hydrogen-bond acceptors (Lipinski definition) is 4. The van der Waals surface area contributed by atoms with Crippen molar-refractivity contribution >= 4 is 28.3 Å². The minimum Gasteiger partial charge on any atom is -0.329 e. The Labute approximate surface area is 140 Å². The summed E-state index contributed by atoms with van der Waals surface area (Å²) in [6.07, 6.45) is 11.0. The number of carbonyl (C=O) groups is 2. The molecule has 0 bridgehead atoms. The molecule has 0 atom stereocenters. The van der Waals surface area contributed by atoms with Crippen LogP contribution in [0.15, 0.2) is 0 Å². The lowest BCUT2D eigenvalue weighted by Crippen LogP contribution is -2.54. The standard InChI is InChI=1S/C17H23N3O2S/c21-14(15(22)20-11-5-10-17(20)8-4-9-17)19-16-18-12-6-2-1-3-7-13(12)23-16/h1-11H2,(H,18,19,21). The molecule has 1 saturated heterocycles. The van der Waals surface area contributed by atoms with Crippen molar-refractivity contribution in [2.24, 2.45) is 0 Å². The maximum atomic E-state index is 12.5. The Balaban J connectivity index is 1.44. The molecular weight excluding hydrogens is 310 g/mol. The van der Waals surface area contributed by atoms with Crippen LogP contribution >= 0.6 is 11.3 Å². The Hall–Kier alpha value is -1.43. The summed E-state index contributed by atoms with van der Waals surface area (Å²) in [6.45, 7) is 0.723. The molecule has 2 amide bonds. The second-order valence-corrected chi connectivity index (χ2v) is 8.13. The predicted octanol–water partition coefficient (Wildman–Crippen LogP) is 2.90. The highest BCUT2D eigenvalue weighted by atomic mass is 32.1. The summed E-state index contributed by atoms with van der Waals surface area (Å²) in [6, 6.07) is 0. The molecule has 2 heterocycles. The van der Waals surface area contributed by atoms with Gasteiger partial charge in [0, 0.05) is 17.0 Å². The number of fused-ring (bicyclic) bond motifs is 1.